The van der Waals surface area contributed by atoms with Crippen LogP contribution in [-0.2, 0) is 11.3 Å². The molecule has 0 atom stereocenters. The summed E-state index contributed by atoms with van der Waals surface area (Å²) in [5, 5.41) is 6.74. The van der Waals surface area contributed by atoms with Gasteiger partial charge in [-0.15, -0.1) is 11.6 Å². The zero-order chi connectivity index (χ0) is 12.1. The van der Waals surface area contributed by atoms with Crippen molar-refractivity contribution in [3.05, 3.63) is 42.5 Å². The Labute approximate surface area is 103 Å². The lowest BCUT2D eigenvalue weighted by Gasteiger charge is -2.05. The van der Waals surface area contributed by atoms with E-state index < -0.39 is 0 Å². The van der Waals surface area contributed by atoms with Gasteiger partial charge in [0.05, 0.1) is 5.69 Å². The van der Waals surface area contributed by atoms with Crippen LogP contribution in [0.25, 0.3) is 5.69 Å². The Morgan fingerprint density at radius 3 is 3.06 bits per heavy atom. The zero-order valence-corrected chi connectivity index (χ0v) is 9.76. The number of nitrogens with zero attached hydrogens (tertiary/aromatic N) is 3. The smallest absolute Gasteiger partial charge is 0.235 e. The number of amides is 1. The number of aromatic nitrogens is 3. The molecule has 17 heavy (non-hydrogen) atoms. The highest BCUT2D eigenvalue weighted by atomic mass is 35.5. The molecule has 0 radical (unpaired) electrons. The highest BCUT2D eigenvalue weighted by Crippen LogP contribution is 2.08. The normalized spacial score (nSPS) is 10.2. The van der Waals surface area contributed by atoms with Gasteiger partial charge < -0.3 is 5.32 Å². The minimum atomic E-state index is -0.183. The van der Waals surface area contributed by atoms with Crippen molar-refractivity contribution in [1.82, 2.24) is 20.1 Å². The Balaban J connectivity index is 2.09. The Kier molecular flexibility index (Phi) is 3.72. The number of hydrogen-bond acceptors (Lipinski definition) is 3. The summed E-state index contributed by atoms with van der Waals surface area (Å²) in [7, 11) is 0. The number of hydrogen-bond donors (Lipinski definition) is 1. The lowest BCUT2D eigenvalue weighted by molar-refractivity contribution is -0.118. The van der Waals surface area contributed by atoms with Gasteiger partial charge in [0, 0.05) is 6.54 Å². The van der Waals surface area contributed by atoms with Crippen molar-refractivity contribution in [3.8, 4) is 5.69 Å². The first-order valence-electron chi connectivity index (χ1n) is 5.06. The van der Waals surface area contributed by atoms with Gasteiger partial charge in [0.25, 0.3) is 0 Å². The number of nitrogens with one attached hydrogen (secondary N) is 1. The van der Waals surface area contributed by atoms with Crippen LogP contribution in [0.1, 0.15) is 5.56 Å². The number of carbonyl (C=O) groups is 1. The Morgan fingerprint density at radius 2 is 2.35 bits per heavy atom. The van der Waals surface area contributed by atoms with E-state index in [9.17, 15) is 4.79 Å². The van der Waals surface area contributed by atoms with Gasteiger partial charge in [0.2, 0.25) is 5.91 Å². The summed E-state index contributed by atoms with van der Waals surface area (Å²) in [5.74, 6) is -0.208. The van der Waals surface area contributed by atoms with Crippen molar-refractivity contribution < 1.29 is 4.79 Å². The molecule has 2 aromatic rings. The summed E-state index contributed by atoms with van der Waals surface area (Å²) >= 11 is 5.40. The summed E-state index contributed by atoms with van der Waals surface area (Å²) in [6, 6.07) is 7.68. The van der Waals surface area contributed by atoms with E-state index in [1.165, 1.54) is 6.33 Å². The van der Waals surface area contributed by atoms with Gasteiger partial charge >= 0.3 is 0 Å². The second-order valence-electron chi connectivity index (χ2n) is 3.42. The van der Waals surface area contributed by atoms with Gasteiger partial charge in [-0.2, -0.15) is 5.10 Å². The average Bonchev–Trinajstić information content (AvgIpc) is 2.90. The maximum atomic E-state index is 11.0. The molecule has 0 aliphatic carbocycles. The van der Waals surface area contributed by atoms with Crippen LogP contribution in [0.5, 0.6) is 0 Å². The third-order valence-corrected chi connectivity index (χ3v) is 2.45. The molecule has 1 heterocycles. The van der Waals surface area contributed by atoms with Crippen LogP contribution >= 0.6 is 11.6 Å². The molecule has 1 amide bonds. The molecule has 0 aliphatic rings. The zero-order valence-electron chi connectivity index (χ0n) is 9.01. The highest BCUT2D eigenvalue weighted by Gasteiger charge is 2.01. The number of benzene rings is 1. The van der Waals surface area contributed by atoms with Crippen LogP contribution < -0.4 is 5.32 Å². The average molecular weight is 251 g/mol. The van der Waals surface area contributed by atoms with Crippen LogP contribution in [0.3, 0.4) is 0 Å². The van der Waals surface area contributed by atoms with Gasteiger partial charge in [0.15, 0.2) is 0 Å². The van der Waals surface area contributed by atoms with Crippen LogP contribution in [0, 0.1) is 0 Å². The molecule has 0 unspecified atom stereocenters. The Morgan fingerprint density at radius 1 is 1.47 bits per heavy atom. The van der Waals surface area contributed by atoms with Crippen LogP contribution in [0.4, 0.5) is 0 Å². The fourth-order valence-corrected chi connectivity index (χ4v) is 1.49. The van der Waals surface area contributed by atoms with Crippen LogP contribution in [0.2, 0.25) is 0 Å². The van der Waals surface area contributed by atoms with E-state index in [0.29, 0.717) is 6.54 Å². The first-order chi connectivity index (χ1) is 8.29. The fraction of sp³-hybridized carbons (Fsp3) is 0.182. The van der Waals surface area contributed by atoms with Crippen molar-refractivity contribution in [1.29, 1.82) is 0 Å². The molecular formula is C11H11ClN4O. The van der Waals surface area contributed by atoms with E-state index in [2.05, 4.69) is 15.4 Å². The topological polar surface area (TPSA) is 59.8 Å². The molecule has 0 spiro atoms. The summed E-state index contributed by atoms with van der Waals surface area (Å²) < 4.78 is 1.66. The van der Waals surface area contributed by atoms with Crippen molar-refractivity contribution in [2.24, 2.45) is 0 Å². The molecule has 1 aromatic carbocycles. The lowest BCUT2D eigenvalue weighted by atomic mass is 10.2. The SMILES string of the molecule is O=C(CCl)NCc1cccc(-n2cncn2)c1. The van der Waals surface area contributed by atoms with E-state index in [0.717, 1.165) is 11.3 Å². The van der Waals surface area contributed by atoms with Crippen molar-refractivity contribution in [2.45, 2.75) is 6.54 Å². The molecule has 5 nitrogen and oxygen atoms in total. The summed E-state index contributed by atoms with van der Waals surface area (Å²) in [5.41, 5.74) is 1.89. The minimum Gasteiger partial charge on any atom is -0.351 e. The van der Waals surface area contributed by atoms with E-state index in [4.69, 9.17) is 11.6 Å². The molecule has 1 N–H and O–H groups in total. The number of alkyl halides is 1. The first kappa shape index (κ1) is 11.6. The molecule has 0 saturated carbocycles. The Bertz CT molecular complexity index is 498. The van der Waals surface area contributed by atoms with E-state index >= 15 is 0 Å². The molecule has 0 fully saturated rings. The molecule has 0 aliphatic heterocycles. The summed E-state index contributed by atoms with van der Waals surface area (Å²) in [6.07, 6.45) is 3.10. The molecule has 88 valence electrons. The monoisotopic (exact) mass is 250 g/mol. The number of carbonyl (C=O) groups excluding carboxylic acids is 1. The van der Waals surface area contributed by atoms with Crippen molar-refractivity contribution in [2.75, 3.05) is 5.88 Å². The van der Waals surface area contributed by atoms with Gasteiger partial charge in [0.1, 0.15) is 18.5 Å². The van der Waals surface area contributed by atoms with Crippen LogP contribution in [0.15, 0.2) is 36.9 Å². The predicted octanol–water partition coefficient (Wildman–Crippen LogP) is 1.12. The van der Waals surface area contributed by atoms with Crippen molar-refractivity contribution in [3.63, 3.8) is 0 Å². The quantitative estimate of drug-likeness (QED) is 0.828. The third kappa shape index (κ3) is 3.04. The minimum absolute atomic E-state index is 0.0250. The third-order valence-electron chi connectivity index (χ3n) is 2.20. The standard InChI is InChI=1S/C11H11ClN4O/c12-5-11(17)14-6-9-2-1-3-10(4-9)16-8-13-7-15-16/h1-4,7-8H,5-6H2,(H,14,17). The van der Waals surface area contributed by atoms with Gasteiger partial charge in [-0.3, -0.25) is 4.79 Å². The fourth-order valence-electron chi connectivity index (χ4n) is 1.40. The molecule has 6 heteroatoms. The maximum Gasteiger partial charge on any atom is 0.235 e. The van der Waals surface area contributed by atoms with Gasteiger partial charge in [-0.05, 0) is 17.7 Å². The van der Waals surface area contributed by atoms with Crippen LogP contribution in [-0.4, -0.2) is 26.6 Å². The Hall–Kier alpha value is -1.88. The lowest BCUT2D eigenvalue weighted by Crippen LogP contribution is -2.23. The first-order valence-corrected chi connectivity index (χ1v) is 5.59. The second-order valence-corrected chi connectivity index (χ2v) is 3.69. The van der Waals surface area contributed by atoms with E-state index in [1.807, 2.05) is 24.3 Å². The maximum absolute atomic E-state index is 11.0. The highest BCUT2D eigenvalue weighted by molar-refractivity contribution is 6.27. The molecular weight excluding hydrogens is 240 g/mol. The molecule has 1 aromatic heterocycles. The number of halogens is 1. The largest absolute Gasteiger partial charge is 0.351 e. The number of rotatable bonds is 4. The second kappa shape index (κ2) is 5.45. The predicted molar refractivity (Wildman–Crippen MR) is 63.9 cm³/mol. The summed E-state index contributed by atoms with van der Waals surface area (Å²) in [6.45, 7) is 0.452. The van der Waals surface area contributed by atoms with Gasteiger partial charge in [-0.25, -0.2) is 9.67 Å². The van der Waals surface area contributed by atoms with E-state index in [1.54, 1.807) is 11.0 Å². The summed E-state index contributed by atoms with van der Waals surface area (Å²) in [4.78, 5) is 14.9. The van der Waals surface area contributed by atoms with Crippen molar-refractivity contribution >= 4 is 17.5 Å². The molecule has 2 rings (SSSR count). The molecule has 0 bridgehead atoms. The van der Waals surface area contributed by atoms with E-state index in [-0.39, 0.29) is 11.8 Å². The van der Waals surface area contributed by atoms with Gasteiger partial charge in [-0.1, -0.05) is 12.1 Å². The molecule has 0 saturated heterocycles.